The van der Waals surface area contributed by atoms with Crippen LogP contribution in [0.3, 0.4) is 0 Å². The van der Waals surface area contributed by atoms with Crippen molar-refractivity contribution in [1.29, 1.82) is 0 Å². The van der Waals surface area contributed by atoms with E-state index in [0.717, 1.165) is 22.3 Å². The molecule has 0 spiro atoms. The first kappa shape index (κ1) is 39.9. The fraction of sp³-hybridized carbons (Fsp3) is 0.361. The normalized spacial score (nSPS) is 11.8. The fourth-order valence-electron chi connectivity index (χ4n) is 4.92. The molecule has 51 heavy (non-hydrogen) atoms. The van der Waals surface area contributed by atoms with Gasteiger partial charge in [-0.1, -0.05) is 84.9 Å². The van der Waals surface area contributed by atoms with Crippen LogP contribution in [0.4, 0.5) is 9.59 Å². The highest BCUT2D eigenvalue weighted by atomic mass is 16.5. The van der Waals surface area contributed by atoms with Gasteiger partial charge in [0.1, 0.15) is 6.04 Å². The molecule has 3 aromatic rings. The van der Waals surface area contributed by atoms with E-state index in [-0.39, 0.29) is 50.4 Å². The number of aliphatic imine (C=N–C) groups is 1. The van der Waals surface area contributed by atoms with Crippen LogP contribution in [0.5, 0.6) is 0 Å². The van der Waals surface area contributed by atoms with Crippen LogP contribution in [0.1, 0.15) is 41.0 Å². The van der Waals surface area contributed by atoms with Crippen molar-refractivity contribution in [2.45, 2.75) is 37.9 Å². The van der Waals surface area contributed by atoms with Gasteiger partial charge < -0.3 is 47.9 Å². The number of nitrogens with one attached hydrogen (secondary N) is 5. The van der Waals surface area contributed by atoms with Crippen molar-refractivity contribution in [2.75, 3.05) is 46.1 Å². The summed E-state index contributed by atoms with van der Waals surface area (Å²) >= 11 is 0. The number of hydrogen-bond acceptors (Lipinski definition) is 8. The number of amides is 6. The van der Waals surface area contributed by atoms with Gasteiger partial charge in [0.2, 0.25) is 11.8 Å². The summed E-state index contributed by atoms with van der Waals surface area (Å²) in [6.45, 7) is 2.96. The lowest BCUT2D eigenvalue weighted by Crippen LogP contribution is -2.48. The Morgan fingerprint density at radius 2 is 1.25 bits per heavy atom. The van der Waals surface area contributed by atoms with E-state index in [2.05, 4.69) is 31.6 Å². The number of rotatable bonds is 21. The highest BCUT2D eigenvalue weighted by molar-refractivity contribution is 5.95. The van der Waals surface area contributed by atoms with Crippen LogP contribution in [0, 0.1) is 0 Å². The average molecular weight is 704 g/mol. The molecule has 0 unspecified atom stereocenters. The summed E-state index contributed by atoms with van der Waals surface area (Å²) in [5.41, 5.74) is 19.7. The van der Waals surface area contributed by atoms with Crippen LogP contribution in [0.15, 0.2) is 89.9 Å². The molecule has 0 aliphatic heterocycles. The Hall–Kier alpha value is -5.51. The van der Waals surface area contributed by atoms with Crippen molar-refractivity contribution in [3.8, 4) is 0 Å². The Kier molecular flexibility index (Phi) is 18.0. The maximum atomic E-state index is 13.9. The number of carbonyl (C=O) groups is 4. The van der Waals surface area contributed by atoms with E-state index in [9.17, 15) is 19.2 Å². The molecule has 0 heterocycles. The lowest BCUT2D eigenvalue weighted by molar-refractivity contribution is -0.129. The number of benzene rings is 3. The number of nitrogens with two attached hydrogens (primary N) is 3. The highest BCUT2D eigenvalue weighted by Crippen LogP contribution is 2.25. The minimum atomic E-state index is -0.889. The summed E-state index contributed by atoms with van der Waals surface area (Å²) in [4.78, 5) is 54.8. The van der Waals surface area contributed by atoms with Gasteiger partial charge in [-0.3, -0.25) is 19.9 Å². The Balaban J connectivity index is 1.60. The minimum Gasteiger partial charge on any atom is -0.378 e. The standard InChI is InChI=1S/C36H49N9O6/c37-17-20-50-22-23-51-21-19-41-36(49)45-34(38)40-18-7-12-30(32(46)42-24-26-13-15-27(16-14-26)25-43-35(39)48)44-33(47)31(28-8-3-1-4-9-28)29-10-5-2-6-11-29/h1-6,8-11,13-16,30-31H,7,12,17-25,37H2,(H,42,46)(H,44,47)(H3,39,43,48)(H4,38,40,41,45,49)/t30-/m1/s1. The SMILES string of the molecule is NCCOCCOCCNC(=O)NC(N)=NCCC[C@@H](NC(=O)C(c1ccccc1)c1ccccc1)C(=O)NCc1ccc(CNC(N)=O)cc1. The first-order valence-electron chi connectivity index (χ1n) is 16.8. The Labute approximate surface area is 298 Å². The van der Waals surface area contributed by atoms with Crippen molar-refractivity contribution in [3.05, 3.63) is 107 Å². The molecule has 0 radical (unpaired) electrons. The van der Waals surface area contributed by atoms with E-state index in [1.54, 1.807) is 0 Å². The van der Waals surface area contributed by atoms with Gasteiger partial charge in [-0.2, -0.15) is 0 Å². The van der Waals surface area contributed by atoms with E-state index < -0.39 is 24.0 Å². The molecule has 15 heteroatoms. The quantitative estimate of drug-likeness (QED) is 0.0454. The molecule has 15 nitrogen and oxygen atoms in total. The van der Waals surface area contributed by atoms with Gasteiger partial charge in [-0.05, 0) is 35.1 Å². The van der Waals surface area contributed by atoms with Gasteiger partial charge in [-0.15, -0.1) is 0 Å². The van der Waals surface area contributed by atoms with Crippen molar-refractivity contribution in [3.63, 3.8) is 0 Å². The maximum absolute atomic E-state index is 13.9. The first-order chi connectivity index (χ1) is 24.8. The highest BCUT2D eigenvalue weighted by Gasteiger charge is 2.27. The van der Waals surface area contributed by atoms with Gasteiger partial charge in [-0.25, -0.2) is 9.59 Å². The van der Waals surface area contributed by atoms with E-state index in [0.29, 0.717) is 39.4 Å². The van der Waals surface area contributed by atoms with Crippen LogP contribution in [0.25, 0.3) is 0 Å². The van der Waals surface area contributed by atoms with Crippen molar-refractivity contribution >= 4 is 29.8 Å². The second kappa shape index (κ2) is 23.0. The largest absolute Gasteiger partial charge is 0.378 e. The molecule has 0 aliphatic carbocycles. The molecule has 0 bridgehead atoms. The second-order valence-corrected chi connectivity index (χ2v) is 11.4. The maximum Gasteiger partial charge on any atom is 0.321 e. The number of urea groups is 2. The fourth-order valence-corrected chi connectivity index (χ4v) is 4.92. The van der Waals surface area contributed by atoms with Crippen molar-refractivity contribution < 1.29 is 28.7 Å². The molecule has 1 atom stereocenters. The minimum absolute atomic E-state index is 0.0867. The summed E-state index contributed by atoms with van der Waals surface area (Å²) in [6.07, 6.45) is 0.631. The molecular weight excluding hydrogens is 654 g/mol. The lowest BCUT2D eigenvalue weighted by Gasteiger charge is -2.23. The number of nitrogens with zero attached hydrogens (tertiary/aromatic N) is 1. The van der Waals surface area contributed by atoms with Crippen LogP contribution in [-0.2, 0) is 32.2 Å². The van der Waals surface area contributed by atoms with Crippen LogP contribution in [0.2, 0.25) is 0 Å². The van der Waals surface area contributed by atoms with Crippen LogP contribution < -0.4 is 43.8 Å². The Morgan fingerprint density at radius 1 is 0.686 bits per heavy atom. The third-order valence-electron chi connectivity index (χ3n) is 7.46. The van der Waals surface area contributed by atoms with Gasteiger partial charge in [0.25, 0.3) is 0 Å². The average Bonchev–Trinajstić information content (AvgIpc) is 3.13. The van der Waals surface area contributed by atoms with E-state index in [4.69, 9.17) is 26.7 Å². The molecule has 6 amide bonds. The van der Waals surface area contributed by atoms with Gasteiger partial charge in [0, 0.05) is 32.7 Å². The molecule has 11 N–H and O–H groups in total. The predicted octanol–water partition coefficient (Wildman–Crippen LogP) is 1.17. The zero-order valence-electron chi connectivity index (χ0n) is 28.6. The number of guanidine groups is 1. The molecule has 0 aliphatic rings. The smallest absolute Gasteiger partial charge is 0.321 e. The molecule has 3 rings (SSSR count). The zero-order chi connectivity index (χ0) is 36.7. The predicted molar refractivity (Wildman–Crippen MR) is 194 cm³/mol. The summed E-state index contributed by atoms with van der Waals surface area (Å²) in [7, 11) is 0. The molecule has 3 aromatic carbocycles. The molecule has 0 saturated carbocycles. The van der Waals surface area contributed by atoms with Gasteiger partial charge >= 0.3 is 12.1 Å². The summed E-state index contributed by atoms with van der Waals surface area (Å²) < 4.78 is 10.6. The molecule has 0 fully saturated rings. The molecular formula is C36H49N9O6. The zero-order valence-corrected chi connectivity index (χ0v) is 28.6. The Morgan fingerprint density at radius 3 is 1.82 bits per heavy atom. The monoisotopic (exact) mass is 703 g/mol. The number of primary amides is 1. The lowest BCUT2D eigenvalue weighted by atomic mass is 9.90. The topological polar surface area (TPSA) is 237 Å². The van der Waals surface area contributed by atoms with Crippen LogP contribution in [-0.4, -0.2) is 81.9 Å². The van der Waals surface area contributed by atoms with E-state index in [1.807, 2.05) is 84.9 Å². The number of carbonyl (C=O) groups excluding carboxylic acids is 4. The van der Waals surface area contributed by atoms with Gasteiger partial charge in [0.05, 0.1) is 32.3 Å². The number of hydrogen-bond donors (Lipinski definition) is 8. The van der Waals surface area contributed by atoms with Crippen molar-refractivity contribution in [1.82, 2.24) is 26.6 Å². The molecule has 274 valence electrons. The summed E-state index contributed by atoms with van der Waals surface area (Å²) in [5, 5.41) is 13.5. The third-order valence-corrected chi connectivity index (χ3v) is 7.46. The molecule has 0 saturated heterocycles. The van der Waals surface area contributed by atoms with E-state index >= 15 is 0 Å². The third kappa shape index (κ3) is 15.7. The first-order valence-corrected chi connectivity index (χ1v) is 16.8. The number of ether oxygens (including phenoxy) is 2. The van der Waals surface area contributed by atoms with Crippen LogP contribution >= 0.6 is 0 Å². The summed E-state index contributed by atoms with van der Waals surface area (Å²) in [5.74, 6) is -1.43. The van der Waals surface area contributed by atoms with Gasteiger partial charge in [0.15, 0.2) is 5.96 Å². The Bertz CT molecular complexity index is 1490. The van der Waals surface area contributed by atoms with Crippen molar-refractivity contribution in [2.24, 2.45) is 22.2 Å². The molecule has 0 aromatic heterocycles. The summed E-state index contributed by atoms with van der Waals surface area (Å²) in [6, 6.07) is 24.0. The van der Waals surface area contributed by atoms with E-state index in [1.165, 1.54) is 0 Å². The second-order valence-electron chi connectivity index (χ2n) is 11.4.